The van der Waals surface area contributed by atoms with Gasteiger partial charge >= 0.3 is 0 Å². The maximum atomic E-state index is 4.49. The second-order valence-electron chi connectivity index (χ2n) is 5.53. The fourth-order valence-electron chi connectivity index (χ4n) is 2.77. The normalized spacial score (nSPS) is 12.7. The first-order chi connectivity index (χ1) is 9.52. The quantitative estimate of drug-likeness (QED) is 0.904. The Kier molecular flexibility index (Phi) is 4.61. The van der Waals surface area contributed by atoms with Crippen LogP contribution >= 0.6 is 0 Å². The molecular formula is C17H25N3. The molecule has 0 saturated heterocycles. The molecule has 0 fully saturated rings. The van der Waals surface area contributed by atoms with Crippen LogP contribution in [0.4, 0.5) is 0 Å². The molecule has 0 radical (unpaired) electrons. The molecule has 0 aliphatic carbocycles. The van der Waals surface area contributed by atoms with Crippen molar-refractivity contribution in [3.8, 4) is 11.1 Å². The van der Waals surface area contributed by atoms with Crippen LogP contribution < -0.4 is 5.32 Å². The molecule has 0 aliphatic heterocycles. The Morgan fingerprint density at radius 2 is 1.85 bits per heavy atom. The van der Waals surface area contributed by atoms with Crippen LogP contribution in [0, 0.1) is 13.8 Å². The second kappa shape index (κ2) is 6.23. The van der Waals surface area contributed by atoms with Crippen molar-refractivity contribution in [2.24, 2.45) is 7.05 Å². The smallest absolute Gasteiger partial charge is 0.0674 e. The third-order valence-electron chi connectivity index (χ3n) is 3.85. The van der Waals surface area contributed by atoms with Gasteiger partial charge in [0.1, 0.15) is 0 Å². The van der Waals surface area contributed by atoms with E-state index in [1.165, 1.54) is 22.4 Å². The van der Waals surface area contributed by atoms with Gasteiger partial charge in [0.25, 0.3) is 0 Å². The van der Waals surface area contributed by atoms with Crippen molar-refractivity contribution in [3.05, 3.63) is 41.2 Å². The third-order valence-corrected chi connectivity index (χ3v) is 3.85. The van der Waals surface area contributed by atoms with Crippen LogP contribution in [0.5, 0.6) is 0 Å². The molecule has 0 aliphatic rings. The zero-order valence-electron chi connectivity index (χ0n) is 13.2. The highest BCUT2D eigenvalue weighted by Crippen LogP contribution is 2.26. The molecule has 0 saturated carbocycles. The van der Waals surface area contributed by atoms with E-state index < -0.39 is 0 Å². The lowest BCUT2D eigenvalue weighted by atomic mass is 10.00. The summed E-state index contributed by atoms with van der Waals surface area (Å²) in [6.45, 7) is 9.59. The average molecular weight is 271 g/mol. The van der Waals surface area contributed by atoms with Crippen molar-refractivity contribution >= 4 is 0 Å². The highest BCUT2D eigenvalue weighted by Gasteiger charge is 2.11. The number of rotatable bonds is 5. The molecule has 0 spiro atoms. The monoisotopic (exact) mass is 271 g/mol. The Labute approximate surface area is 122 Å². The molecule has 1 atom stereocenters. The minimum absolute atomic E-state index is 0.521. The highest BCUT2D eigenvalue weighted by atomic mass is 15.3. The summed E-state index contributed by atoms with van der Waals surface area (Å²) in [5.41, 5.74) is 6.21. The zero-order chi connectivity index (χ0) is 14.7. The molecule has 1 N–H and O–H groups in total. The topological polar surface area (TPSA) is 29.9 Å². The molecule has 3 heteroatoms. The first kappa shape index (κ1) is 14.8. The van der Waals surface area contributed by atoms with Crippen molar-refractivity contribution < 1.29 is 0 Å². The molecule has 1 heterocycles. The van der Waals surface area contributed by atoms with Gasteiger partial charge in [0, 0.05) is 24.3 Å². The molecule has 1 aromatic heterocycles. The summed E-state index contributed by atoms with van der Waals surface area (Å²) in [4.78, 5) is 0. The highest BCUT2D eigenvalue weighted by molar-refractivity contribution is 5.68. The predicted octanol–water partition coefficient (Wildman–Crippen LogP) is 3.24. The fourth-order valence-corrected chi connectivity index (χ4v) is 2.77. The number of aryl methyl sites for hydroxylation is 2. The van der Waals surface area contributed by atoms with Crippen LogP contribution in [-0.4, -0.2) is 22.4 Å². The number of nitrogens with one attached hydrogen (secondary N) is 1. The van der Waals surface area contributed by atoms with Crippen LogP contribution in [0.15, 0.2) is 24.3 Å². The minimum atomic E-state index is 0.521. The van der Waals surface area contributed by atoms with Crippen LogP contribution in [0.3, 0.4) is 0 Å². The van der Waals surface area contributed by atoms with E-state index >= 15 is 0 Å². The van der Waals surface area contributed by atoms with Crippen molar-refractivity contribution in [2.75, 3.05) is 6.54 Å². The van der Waals surface area contributed by atoms with Crippen LogP contribution in [-0.2, 0) is 13.5 Å². The van der Waals surface area contributed by atoms with E-state index in [-0.39, 0.29) is 0 Å². The molecule has 0 bridgehead atoms. The van der Waals surface area contributed by atoms with Gasteiger partial charge in [0.2, 0.25) is 0 Å². The van der Waals surface area contributed by atoms with Gasteiger partial charge in [0.15, 0.2) is 0 Å². The summed E-state index contributed by atoms with van der Waals surface area (Å²) < 4.78 is 1.95. The SMILES string of the molecule is CCNC(C)Cc1ccc(-c2c(C)nn(C)c2C)cc1. The summed E-state index contributed by atoms with van der Waals surface area (Å²) in [5.74, 6) is 0. The lowest BCUT2D eigenvalue weighted by Crippen LogP contribution is -2.27. The Morgan fingerprint density at radius 1 is 1.20 bits per heavy atom. The minimum Gasteiger partial charge on any atom is -0.314 e. The second-order valence-corrected chi connectivity index (χ2v) is 5.53. The number of benzene rings is 1. The lowest BCUT2D eigenvalue weighted by Gasteiger charge is -2.12. The van der Waals surface area contributed by atoms with E-state index in [1.807, 2.05) is 11.7 Å². The van der Waals surface area contributed by atoms with Gasteiger partial charge in [-0.3, -0.25) is 4.68 Å². The molecule has 1 unspecified atom stereocenters. The maximum Gasteiger partial charge on any atom is 0.0674 e. The lowest BCUT2D eigenvalue weighted by molar-refractivity contribution is 0.565. The van der Waals surface area contributed by atoms with Crippen molar-refractivity contribution in [1.82, 2.24) is 15.1 Å². The Bertz CT molecular complexity index is 567. The number of aromatic nitrogens is 2. The summed E-state index contributed by atoms with van der Waals surface area (Å²) in [6.07, 6.45) is 1.07. The van der Waals surface area contributed by atoms with Crippen molar-refractivity contribution in [2.45, 2.75) is 40.2 Å². The molecular weight excluding hydrogens is 246 g/mol. The summed E-state index contributed by atoms with van der Waals surface area (Å²) in [6, 6.07) is 9.41. The van der Waals surface area contributed by atoms with Gasteiger partial charge in [0.05, 0.1) is 5.69 Å². The van der Waals surface area contributed by atoms with Gasteiger partial charge in [-0.1, -0.05) is 31.2 Å². The number of nitrogens with zero attached hydrogens (tertiary/aromatic N) is 2. The first-order valence-electron chi connectivity index (χ1n) is 7.35. The van der Waals surface area contributed by atoms with Crippen molar-refractivity contribution in [3.63, 3.8) is 0 Å². The van der Waals surface area contributed by atoms with Gasteiger partial charge < -0.3 is 5.32 Å². The van der Waals surface area contributed by atoms with E-state index in [0.717, 1.165) is 18.7 Å². The molecule has 3 nitrogen and oxygen atoms in total. The molecule has 0 amide bonds. The van der Waals surface area contributed by atoms with E-state index in [4.69, 9.17) is 0 Å². The number of hydrogen-bond acceptors (Lipinski definition) is 2. The standard InChI is InChI=1S/C17H25N3/c1-6-18-12(2)11-15-7-9-16(10-8-15)17-13(3)19-20(5)14(17)4/h7-10,12,18H,6,11H2,1-5H3. The Morgan fingerprint density at radius 3 is 2.35 bits per heavy atom. The van der Waals surface area contributed by atoms with Crippen LogP contribution in [0.2, 0.25) is 0 Å². The molecule has 108 valence electrons. The molecule has 2 rings (SSSR count). The number of likely N-dealkylation sites (N-methyl/N-ethyl adjacent to an activating group) is 1. The maximum absolute atomic E-state index is 4.49. The van der Waals surface area contributed by atoms with E-state index in [2.05, 4.69) is 62.4 Å². The molecule has 1 aromatic carbocycles. The van der Waals surface area contributed by atoms with E-state index in [0.29, 0.717) is 6.04 Å². The van der Waals surface area contributed by atoms with Crippen molar-refractivity contribution in [1.29, 1.82) is 0 Å². The summed E-state index contributed by atoms with van der Waals surface area (Å²) in [5, 5.41) is 7.94. The first-order valence-corrected chi connectivity index (χ1v) is 7.35. The average Bonchev–Trinajstić information content (AvgIpc) is 2.65. The van der Waals surface area contributed by atoms with E-state index in [9.17, 15) is 0 Å². The zero-order valence-corrected chi connectivity index (χ0v) is 13.2. The molecule has 2 aromatic rings. The Hall–Kier alpha value is -1.61. The summed E-state index contributed by atoms with van der Waals surface area (Å²) in [7, 11) is 2.00. The number of hydrogen-bond donors (Lipinski definition) is 1. The van der Waals surface area contributed by atoms with Gasteiger partial charge in [-0.25, -0.2) is 0 Å². The van der Waals surface area contributed by atoms with Crippen LogP contribution in [0.25, 0.3) is 11.1 Å². The predicted molar refractivity (Wildman–Crippen MR) is 85.0 cm³/mol. The summed E-state index contributed by atoms with van der Waals surface area (Å²) >= 11 is 0. The third kappa shape index (κ3) is 3.10. The fraction of sp³-hybridized carbons (Fsp3) is 0.471. The van der Waals surface area contributed by atoms with Gasteiger partial charge in [-0.2, -0.15) is 5.10 Å². The van der Waals surface area contributed by atoms with Crippen LogP contribution in [0.1, 0.15) is 30.8 Å². The Balaban J connectivity index is 2.20. The largest absolute Gasteiger partial charge is 0.314 e. The van der Waals surface area contributed by atoms with Gasteiger partial charge in [-0.15, -0.1) is 0 Å². The van der Waals surface area contributed by atoms with E-state index in [1.54, 1.807) is 0 Å². The molecule has 20 heavy (non-hydrogen) atoms. The van der Waals surface area contributed by atoms with Gasteiger partial charge in [-0.05, 0) is 44.9 Å².